The smallest absolute Gasteiger partial charge is 0.107 e. The van der Waals surface area contributed by atoms with Crippen LogP contribution in [0.4, 0.5) is 0 Å². The van der Waals surface area contributed by atoms with Gasteiger partial charge >= 0.3 is 0 Å². The van der Waals surface area contributed by atoms with Crippen LogP contribution in [0.5, 0.6) is 0 Å². The highest BCUT2D eigenvalue weighted by Crippen LogP contribution is 2.05. The Labute approximate surface area is 90.9 Å². The molecular weight excluding hydrogens is 188 g/mol. The topological polar surface area (TPSA) is 52.7 Å². The number of nitrogens with one attached hydrogen (secondary N) is 3. The van der Waals surface area contributed by atoms with Crippen molar-refractivity contribution in [2.24, 2.45) is 0 Å². The lowest BCUT2D eigenvalue weighted by Crippen LogP contribution is -2.42. The summed E-state index contributed by atoms with van der Waals surface area (Å²) in [6, 6.07) is 0.676. The van der Waals surface area contributed by atoms with Gasteiger partial charge in [-0.1, -0.05) is 6.42 Å². The van der Waals surface area contributed by atoms with E-state index in [1.165, 1.54) is 25.8 Å². The zero-order chi connectivity index (χ0) is 10.3. The summed E-state index contributed by atoms with van der Waals surface area (Å²) in [5, 5.41) is 7.00. The molecule has 84 valence electrons. The van der Waals surface area contributed by atoms with Gasteiger partial charge in [-0.3, -0.25) is 0 Å². The average Bonchev–Trinajstić information content (AvgIpc) is 2.79. The van der Waals surface area contributed by atoms with Gasteiger partial charge in [0.25, 0.3) is 0 Å². The Kier molecular flexibility index (Phi) is 4.17. The molecule has 1 fully saturated rings. The lowest BCUT2D eigenvalue weighted by molar-refractivity contribution is 0.384. The third kappa shape index (κ3) is 3.64. The van der Waals surface area contributed by atoms with Crippen LogP contribution in [0.25, 0.3) is 0 Å². The number of piperidine rings is 1. The van der Waals surface area contributed by atoms with E-state index >= 15 is 0 Å². The lowest BCUT2D eigenvalue weighted by Gasteiger charge is -2.23. The first-order valence-electron chi connectivity index (χ1n) is 5.87. The van der Waals surface area contributed by atoms with Crippen LogP contribution in [0.15, 0.2) is 12.4 Å². The summed E-state index contributed by atoms with van der Waals surface area (Å²) >= 11 is 0. The summed E-state index contributed by atoms with van der Waals surface area (Å²) in [5.41, 5.74) is 0. The summed E-state index contributed by atoms with van der Waals surface area (Å²) in [6.45, 7) is 3.27. The fourth-order valence-electron chi connectivity index (χ4n) is 2.02. The number of aromatic nitrogens is 2. The molecule has 1 aliphatic rings. The first kappa shape index (κ1) is 10.6. The molecule has 0 amide bonds. The van der Waals surface area contributed by atoms with E-state index in [0.29, 0.717) is 6.04 Å². The van der Waals surface area contributed by atoms with Crippen molar-refractivity contribution < 1.29 is 0 Å². The van der Waals surface area contributed by atoms with Crippen molar-refractivity contribution in [3.63, 3.8) is 0 Å². The second-order valence-corrected chi connectivity index (χ2v) is 4.14. The zero-order valence-corrected chi connectivity index (χ0v) is 9.13. The van der Waals surface area contributed by atoms with E-state index in [9.17, 15) is 0 Å². The van der Waals surface area contributed by atoms with Crippen molar-refractivity contribution in [1.29, 1.82) is 0 Å². The van der Waals surface area contributed by atoms with Gasteiger partial charge in [0.2, 0.25) is 0 Å². The maximum atomic E-state index is 4.19. The Hall–Kier alpha value is -0.870. The van der Waals surface area contributed by atoms with Crippen LogP contribution in [-0.4, -0.2) is 35.6 Å². The number of nitrogens with zero attached hydrogens (tertiary/aromatic N) is 1. The number of hydrogen-bond donors (Lipinski definition) is 3. The fourth-order valence-corrected chi connectivity index (χ4v) is 2.02. The Balaban J connectivity index is 1.54. The molecule has 2 heterocycles. The van der Waals surface area contributed by atoms with Crippen LogP contribution in [0.2, 0.25) is 0 Å². The summed E-state index contributed by atoms with van der Waals surface area (Å²) < 4.78 is 0. The van der Waals surface area contributed by atoms with Crippen molar-refractivity contribution >= 4 is 0 Å². The quantitative estimate of drug-likeness (QED) is 0.624. The third-order valence-corrected chi connectivity index (χ3v) is 2.90. The van der Waals surface area contributed by atoms with Crippen LogP contribution in [0.3, 0.4) is 0 Å². The molecule has 0 saturated carbocycles. The van der Waals surface area contributed by atoms with Crippen molar-refractivity contribution in [3.8, 4) is 0 Å². The summed E-state index contributed by atoms with van der Waals surface area (Å²) in [6.07, 6.45) is 8.68. The zero-order valence-electron chi connectivity index (χ0n) is 9.13. The number of rotatable bonds is 5. The second kappa shape index (κ2) is 5.88. The molecule has 0 aliphatic carbocycles. The minimum atomic E-state index is 0.676. The van der Waals surface area contributed by atoms with Gasteiger partial charge in [0, 0.05) is 37.9 Å². The normalized spacial score (nSPS) is 21.7. The van der Waals surface area contributed by atoms with Crippen LogP contribution < -0.4 is 10.6 Å². The summed E-state index contributed by atoms with van der Waals surface area (Å²) in [7, 11) is 0. The first-order valence-corrected chi connectivity index (χ1v) is 5.87. The maximum Gasteiger partial charge on any atom is 0.107 e. The molecule has 0 radical (unpaired) electrons. The van der Waals surface area contributed by atoms with Crippen LogP contribution in [0, 0.1) is 0 Å². The predicted octanol–water partition coefficient (Wildman–Crippen LogP) is 0.684. The van der Waals surface area contributed by atoms with Crippen LogP contribution in [0.1, 0.15) is 25.1 Å². The molecule has 15 heavy (non-hydrogen) atoms. The molecule has 1 atom stereocenters. The number of aromatic amines is 1. The Morgan fingerprint density at radius 3 is 3.20 bits per heavy atom. The molecule has 4 heteroatoms. The highest BCUT2D eigenvalue weighted by Gasteiger charge is 2.11. The monoisotopic (exact) mass is 208 g/mol. The van der Waals surface area contributed by atoms with Crippen molar-refractivity contribution in [2.45, 2.75) is 31.7 Å². The standard InChI is InChI=1S/C11H20N4/c1-2-5-13-10(3-1)9-12-6-4-11-14-7-8-15-11/h7-8,10,12-13H,1-6,9H2,(H,14,15). The van der Waals surface area contributed by atoms with E-state index in [2.05, 4.69) is 20.6 Å². The molecule has 0 aromatic carbocycles. The third-order valence-electron chi connectivity index (χ3n) is 2.90. The van der Waals surface area contributed by atoms with E-state index in [-0.39, 0.29) is 0 Å². The molecule has 1 saturated heterocycles. The van der Waals surface area contributed by atoms with Gasteiger partial charge < -0.3 is 15.6 Å². The van der Waals surface area contributed by atoms with E-state index in [0.717, 1.165) is 25.3 Å². The number of H-pyrrole nitrogens is 1. The van der Waals surface area contributed by atoms with Crippen LogP contribution in [-0.2, 0) is 6.42 Å². The summed E-state index contributed by atoms with van der Waals surface area (Å²) in [5.74, 6) is 1.07. The Morgan fingerprint density at radius 2 is 2.47 bits per heavy atom. The van der Waals surface area contributed by atoms with E-state index < -0.39 is 0 Å². The maximum absolute atomic E-state index is 4.19. The van der Waals surface area contributed by atoms with Gasteiger partial charge in [-0.25, -0.2) is 4.98 Å². The molecule has 4 nitrogen and oxygen atoms in total. The van der Waals surface area contributed by atoms with E-state index in [1.54, 1.807) is 6.20 Å². The Bertz CT molecular complexity index is 252. The SMILES string of the molecule is c1c[nH]c(CCNCC2CCCCN2)n1. The number of hydrogen-bond acceptors (Lipinski definition) is 3. The van der Waals surface area contributed by atoms with E-state index in [1.807, 2.05) is 6.20 Å². The fraction of sp³-hybridized carbons (Fsp3) is 0.727. The molecule has 1 aromatic rings. The second-order valence-electron chi connectivity index (χ2n) is 4.14. The highest BCUT2D eigenvalue weighted by molar-refractivity contribution is 4.87. The molecule has 2 rings (SSSR count). The summed E-state index contributed by atoms with van der Waals surface area (Å²) in [4.78, 5) is 7.30. The first-order chi connectivity index (χ1) is 7.45. The van der Waals surface area contributed by atoms with Crippen molar-refractivity contribution in [3.05, 3.63) is 18.2 Å². The molecular formula is C11H20N4. The van der Waals surface area contributed by atoms with Gasteiger partial charge in [0.05, 0.1) is 0 Å². The molecule has 0 bridgehead atoms. The lowest BCUT2D eigenvalue weighted by atomic mass is 10.1. The minimum Gasteiger partial charge on any atom is -0.349 e. The van der Waals surface area contributed by atoms with E-state index in [4.69, 9.17) is 0 Å². The largest absolute Gasteiger partial charge is 0.349 e. The van der Waals surface area contributed by atoms with Gasteiger partial charge in [-0.15, -0.1) is 0 Å². The van der Waals surface area contributed by atoms with Crippen molar-refractivity contribution in [1.82, 2.24) is 20.6 Å². The van der Waals surface area contributed by atoms with Crippen LogP contribution >= 0.6 is 0 Å². The molecule has 1 aromatic heterocycles. The molecule has 1 unspecified atom stereocenters. The number of imidazole rings is 1. The van der Waals surface area contributed by atoms with Gasteiger partial charge in [-0.2, -0.15) is 0 Å². The molecule has 0 spiro atoms. The minimum absolute atomic E-state index is 0.676. The van der Waals surface area contributed by atoms with Gasteiger partial charge in [0.1, 0.15) is 5.82 Å². The Morgan fingerprint density at radius 1 is 1.47 bits per heavy atom. The molecule has 3 N–H and O–H groups in total. The predicted molar refractivity (Wildman–Crippen MR) is 60.8 cm³/mol. The van der Waals surface area contributed by atoms with Gasteiger partial charge in [-0.05, 0) is 19.4 Å². The molecule has 1 aliphatic heterocycles. The van der Waals surface area contributed by atoms with Crippen molar-refractivity contribution in [2.75, 3.05) is 19.6 Å². The highest BCUT2D eigenvalue weighted by atomic mass is 15.0. The average molecular weight is 208 g/mol. The van der Waals surface area contributed by atoms with Gasteiger partial charge in [0.15, 0.2) is 0 Å².